The Hall–Kier alpha value is -0.980. The number of carbonyl (C=O) groups excluding carboxylic acids is 1. The van der Waals surface area contributed by atoms with Crippen LogP contribution in [-0.4, -0.2) is 35.2 Å². The molecule has 4 atom stereocenters. The number of carbonyl (C=O) groups is 1. The molecule has 28 heavy (non-hydrogen) atoms. The fourth-order valence-electron chi connectivity index (χ4n) is 5.39. The number of nitrogens with one attached hydrogen (secondary N) is 1. The van der Waals surface area contributed by atoms with E-state index in [-0.39, 0.29) is 12.5 Å². The van der Waals surface area contributed by atoms with Crippen molar-refractivity contribution in [2.24, 2.45) is 28.4 Å². The third-order valence-electron chi connectivity index (χ3n) is 7.43. The van der Waals surface area contributed by atoms with Gasteiger partial charge in [0.05, 0.1) is 17.3 Å². The minimum Gasteiger partial charge on any atom is -0.394 e. The quantitative estimate of drug-likeness (QED) is 0.674. The maximum atomic E-state index is 11.7. The van der Waals surface area contributed by atoms with Gasteiger partial charge in [-0.2, -0.15) is 0 Å². The van der Waals surface area contributed by atoms with Crippen molar-refractivity contribution in [1.29, 1.82) is 0 Å². The summed E-state index contributed by atoms with van der Waals surface area (Å²) < 4.78 is 0. The van der Waals surface area contributed by atoms with Gasteiger partial charge in [0.15, 0.2) is 0 Å². The van der Waals surface area contributed by atoms with Crippen LogP contribution in [0.2, 0.25) is 0 Å². The summed E-state index contributed by atoms with van der Waals surface area (Å²) in [5, 5.41) is 15.0. The summed E-state index contributed by atoms with van der Waals surface area (Å²) in [7, 11) is 0. The molecule has 0 aliphatic heterocycles. The molecule has 1 aromatic rings. The monoisotopic (exact) mass is 407 g/mol. The van der Waals surface area contributed by atoms with Crippen molar-refractivity contribution in [2.45, 2.75) is 78.2 Å². The van der Waals surface area contributed by atoms with Crippen molar-refractivity contribution in [3.05, 3.63) is 16.1 Å². The van der Waals surface area contributed by atoms with Gasteiger partial charge in [-0.3, -0.25) is 4.79 Å². The van der Waals surface area contributed by atoms with Gasteiger partial charge in [0.2, 0.25) is 5.91 Å². The van der Waals surface area contributed by atoms with Gasteiger partial charge in [-0.15, -0.1) is 11.3 Å². The van der Waals surface area contributed by atoms with E-state index in [0.717, 1.165) is 16.8 Å². The van der Waals surface area contributed by atoms with E-state index in [9.17, 15) is 4.79 Å². The van der Waals surface area contributed by atoms with E-state index in [2.05, 4.69) is 38.4 Å². The van der Waals surface area contributed by atoms with Crippen molar-refractivity contribution < 1.29 is 9.90 Å². The summed E-state index contributed by atoms with van der Waals surface area (Å²) in [5.41, 5.74) is 7.65. The molecule has 0 aromatic carbocycles. The minimum atomic E-state index is -0.842. The predicted molar refractivity (Wildman–Crippen MR) is 114 cm³/mol. The molecule has 1 amide bonds. The minimum absolute atomic E-state index is 0.306. The molecule has 3 rings (SSSR count). The Balaban J connectivity index is 1.59. The highest BCUT2D eigenvalue weighted by molar-refractivity contribution is 7.09. The summed E-state index contributed by atoms with van der Waals surface area (Å²) >= 11 is 1.70. The number of aliphatic hydroxyl groups excluding tert-OH is 1. The lowest BCUT2D eigenvalue weighted by molar-refractivity contribution is -0.123. The van der Waals surface area contributed by atoms with Crippen LogP contribution in [-0.2, 0) is 11.2 Å². The van der Waals surface area contributed by atoms with Gasteiger partial charge >= 0.3 is 0 Å². The van der Waals surface area contributed by atoms with Crippen molar-refractivity contribution in [3.8, 4) is 0 Å². The Morgan fingerprint density at radius 1 is 1.29 bits per heavy atom. The Morgan fingerprint density at radius 2 is 1.96 bits per heavy atom. The van der Waals surface area contributed by atoms with Gasteiger partial charge in [-0.05, 0) is 54.8 Å². The van der Waals surface area contributed by atoms with Crippen LogP contribution in [0, 0.1) is 22.7 Å². The largest absolute Gasteiger partial charge is 0.394 e. The normalized spacial score (nSPS) is 29.7. The van der Waals surface area contributed by atoms with Gasteiger partial charge in [-0.1, -0.05) is 27.7 Å². The Labute approximate surface area is 173 Å². The molecule has 0 saturated heterocycles. The second kappa shape index (κ2) is 8.41. The fourth-order valence-corrected chi connectivity index (χ4v) is 6.27. The molecule has 2 aliphatic carbocycles. The predicted octanol–water partition coefficient (Wildman–Crippen LogP) is 3.47. The highest BCUT2D eigenvalue weighted by Crippen LogP contribution is 2.59. The molecule has 158 valence electrons. The SMILES string of the molecule is CC1(C)CCC(C)(C)C2CC(c3csc(CCNC(=O)C(N)CO)n3)CCC21. The van der Waals surface area contributed by atoms with E-state index < -0.39 is 6.04 Å². The molecule has 0 radical (unpaired) electrons. The van der Waals surface area contributed by atoms with E-state index in [4.69, 9.17) is 15.8 Å². The van der Waals surface area contributed by atoms with Crippen LogP contribution in [0.25, 0.3) is 0 Å². The summed E-state index contributed by atoms with van der Waals surface area (Å²) in [5.74, 6) is 1.87. The lowest BCUT2D eigenvalue weighted by atomic mass is 9.49. The van der Waals surface area contributed by atoms with Crippen molar-refractivity contribution >= 4 is 17.2 Å². The first-order valence-corrected chi connectivity index (χ1v) is 11.6. The second-order valence-corrected chi connectivity index (χ2v) is 11.1. The Kier molecular flexibility index (Phi) is 6.52. The highest BCUT2D eigenvalue weighted by Gasteiger charge is 2.50. The third-order valence-corrected chi connectivity index (χ3v) is 8.36. The molecule has 2 saturated carbocycles. The van der Waals surface area contributed by atoms with Crippen molar-refractivity contribution in [3.63, 3.8) is 0 Å². The van der Waals surface area contributed by atoms with Gasteiger partial charge in [-0.25, -0.2) is 4.98 Å². The van der Waals surface area contributed by atoms with E-state index in [1.54, 1.807) is 11.3 Å². The number of amides is 1. The number of hydrogen-bond acceptors (Lipinski definition) is 5. The van der Waals surface area contributed by atoms with Crippen LogP contribution >= 0.6 is 11.3 Å². The number of aliphatic hydroxyl groups is 1. The van der Waals surface area contributed by atoms with E-state index in [1.807, 2.05) is 0 Å². The Bertz CT molecular complexity index is 685. The van der Waals surface area contributed by atoms with Crippen LogP contribution < -0.4 is 11.1 Å². The standard InChI is InChI=1S/C22H37N3O2S/c1-21(2)8-9-22(3,4)16-11-14(5-6-15(16)21)18-13-28-19(25-18)7-10-24-20(27)17(23)12-26/h13-17,26H,5-12,23H2,1-4H3,(H,24,27). The first-order chi connectivity index (χ1) is 13.1. The maximum Gasteiger partial charge on any atom is 0.239 e. The number of nitrogens with zero attached hydrogens (tertiary/aromatic N) is 1. The van der Waals surface area contributed by atoms with Crippen molar-refractivity contribution in [1.82, 2.24) is 10.3 Å². The van der Waals surface area contributed by atoms with Crippen LogP contribution in [0.15, 0.2) is 5.38 Å². The first kappa shape index (κ1) is 21.7. The summed E-state index contributed by atoms with van der Waals surface area (Å²) in [6.07, 6.45) is 7.20. The lowest BCUT2D eigenvalue weighted by Crippen LogP contribution is -2.46. The summed E-state index contributed by atoms with van der Waals surface area (Å²) in [6, 6.07) is -0.842. The molecule has 0 spiro atoms. The zero-order valence-corrected chi connectivity index (χ0v) is 18.6. The molecule has 4 N–H and O–H groups in total. The number of aromatic nitrogens is 1. The molecule has 4 unspecified atom stereocenters. The molecule has 0 bridgehead atoms. The maximum absolute atomic E-state index is 11.7. The summed E-state index contributed by atoms with van der Waals surface area (Å²) in [6.45, 7) is 10.1. The first-order valence-electron chi connectivity index (χ1n) is 10.7. The topological polar surface area (TPSA) is 88.2 Å². The van der Waals surface area contributed by atoms with Crippen molar-refractivity contribution in [2.75, 3.05) is 13.2 Å². The average Bonchev–Trinajstić information content (AvgIpc) is 3.13. The molecule has 5 nitrogen and oxygen atoms in total. The van der Waals surface area contributed by atoms with Crippen LogP contribution in [0.4, 0.5) is 0 Å². The number of nitrogens with two attached hydrogens (primary N) is 1. The number of rotatable bonds is 6. The van der Waals surface area contributed by atoms with E-state index in [1.165, 1.54) is 37.8 Å². The molecular formula is C22H37N3O2S. The second-order valence-electron chi connectivity index (χ2n) is 10.2. The molecular weight excluding hydrogens is 370 g/mol. The third kappa shape index (κ3) is 4.60. The van der Waals surface area contributed by atoms with Gasteiger partial charge in [0.1, 0.15) is 6.04 Å². The lowest BCUT2D eigenvalue weighted by Gasteiger charge is -2.55. The van der Waals surface area contributed by atoms with Gasteiger partial charge in [0, 0.05) is 24.3 Å². The highest BCUT2D eigenvalue weighted by atomic mass is 32.1. The molecule has 1 aromatic heterocycles. The number of thiazole rings is 1. The van der Waals surface area contributed by atoms with Crippen LogP contribution in [0.3, 0.4) is 0 Å². The zero-order valence-electron chi connectivity index (χ0n) is 17.8. The molecule has 6 heteroatoms. The van der Waals surface area contributed by atoms with Crippen LogP contribution in [0.5, 0.6) is 0 Å². The van der Waals surface area contributed by atoms with Gasteiger partial charge < -0.3 is 16.2 Å². The van der Waals surface area contributed by atoms with E-state index in [0.29, 0.717) is 29.7 Å². The van der Waals surface area contributed by atoms with Gasteiger partial charge in [0.25, 0.3) is 0 Å². The zero-order chi connectivity index (χ0) is 20.5. The smallest absolute Gasteiger partial charge is 0.239 e. The fraction of sp³-hybridized carbons (Fsp3) is 0.818. The molecule has 2 aliphatic rings. The number of fused-ring (bicyclic) bond motifs is 1. The average molecular weight is 408 g/mol. The summed E-state index contributed by atoms with van der Waals surface area (Å²) in [4.78, 5) is 16.6. The molecule has 2 fully saturated rings. The number of hydrogen-bond donors (Lipinski definition) is 3. The Morgan fingerprint density at radius 3 is 2.64 bits per heavy atom. The molecule has 1 heterocycles. The van der Waals surface area contributed by atoms with E-state index >= 15 is 0 Å². The van der Waals surface area contributed by atoms with Crippen LogP contribution in [0.1, 0.15) is 76.4 Å².